The van der Waals surface area contributed by atoms with E-state index < -0.39 is 0 Å². The number of carbonyl (C=O) groups is 1. The van der Waals surface area contributed by atoms with Gasteiger partial charge in [-0.15, -0.1) is 0 Å². The Morgan fingerprint density at radius 2 is 1.87 bits per heavy atom. The molecule has 1 unspecified atom stereocenters. The third kappa shape index (κ3) is 3.45. The zero-order valence-electron chi connectivity index (χ0n) is 12.9. The minimum Gasteiger partial charge on any atom is -0.349 e. The summed E-state index contributed by atoms with van der Waals surface area (Å²) in [5.74, 6) is 0.719. The molecule has 3 rings (SSSR count). The zero-order chi connectivity index (χ0) is 16.1. The Labute approximate surface area is 135 Å². The topological polar surface area (TPSA) is 59.8 Å². The second-order valence-corrected chi connectivity index (χ2v) is 5.24. The van der Waals surface area contributed by atoms with Crippen LogP contribution in [0.2, 0.25) is 0 Å². The molecule has 0 aliphatic carbocycles. The van der Waals surface area contributed by atoms with Crippen LogP contribution in [0.25, 0.3) is 11.4 Å². The van der Waals surface area contributed by atoms with Crippen molar-refractivity contribution < 1.29 is 4.79 Å². The Bertz CT molecular complexity index is 768. The van der Waals surface area contributed by atoms with E-state index in [2.05, 4.69) is 15.3 Å². The van der Waals surface area contributed by atoms with E-state index in [-0.39, 0.29) is 11.9 Å². The Morgan fingerprint density at radius 1 is 1.09 bits per heavy atom. The van der Waals surface area contributed by atoms with Crippen LogP contribution in [0.5, 0.6) is 0 Å². The third-order valence-corrected chi connectivity index (χ3v) is 3.67. The fraction of sp³-hybridized carbons (Fsp3) is 0.167. The molecule has 0 saturated heterocycles. The summed E-state index contributed by atoms with van der Waals surface area (Å²) in [6, 6.07) is 15.1. The van der Waals surface area contributed by atoms with Gasteiger partial charge in [-0.2, -0.15) is 0 Å². The first kappa shape index (κ1) is 15.0. The second-order valence-electron chi connectivity index (χ2n) is 5.24. The minimum absolute atomic E-state index is 0.0640. The Balaban J connectivity index is 1.72. The first-order valence-electron chi connectivity index (χ1n) is 7.51. The van der Waals surface area contributed by atoms with Crippen LogP contribution >= 0.6 is 0 Å². The van der Waals surface area contributed by atoms with Crippen LogP contribution in [0, 0.1) is 0 Å². The molecule has 0 fully saturated rings. The number of pyridine rings is 1. The fourth-order valence-electron chi connectivity index (χ4n) is 2.39. The number of hydrogen-bond donors (Lipinski definition) is 1. The number of nitrogens with zero attached hydrogens (tertiary/aromatic N) is 3. The van der Waals surface area contributed by atoms with Gasteiger partial charge in [0.2, 0.25) is 5.91 Å². The molecule has 0 aliphatic heterocycles. The smallest absolute Gasteiger partial charge is 0.243 e. The molecule has 1 N–H and O–H groups in total. The Morgan fingerprint density at radius 3 is 2.61 bits per heavy atom. The molecule has 2 heterocycles. The van der Waals surface area contributed by atoms with Gasteiger partial charge in [0.15, 0.2) is 0 Å². The molecule has 1 amide bonds. The molecular weight excluding hydrogens is 288 g/mol. The van der Waals surface area contributed by atoms with E-state index in [4.69, 9.17) is 0 Å². The molecule has 0 saturated carbocycles. The fourth-order valence-corrected chi connectivity index (χ4v) is 2.39. The SMILES string of the molecule is CC(C(=O)NCc1ccccn1)n1ccnc1-c1ccccc1. The maximum absolute atomic E-state index is 12.4. The lowest BCUT2D eigenvalue weighted by Gasteiger charge is -2.16. The van der Waals surface area contributed by atoms with E-state index in [0.717, 1.165) is 17.1 Å². The van der Waals surface area contributed by atoms with Crippen LogP contribution in [0.15, 0.2) is 67.1 Å². The molecule has 5 nitrogen and oxygen atoms in total. The minimum atomic E-state index is -0.351. The van der Waals surface area contributed by atoms with Crippen molar-refractivity contribution in [2.75, 3.05) is 0 Å². The van der Waals surface area contributed by atoms with E-state index in [1.165, 1.54) is 0 Å². The van der Waals surface area contributed by atoms with Crippen LogP contribution in [-0.4, -0.2) is 20.4 Å². The number of aromatic nitrogens is 3. The summed E-state index contributed by atoms with van der Waals surface area (Å²) in [6.45, 7) is 2.28. The van der Waals surface area contributed by atoms with Crippen molar-refractivity contribution in [1.29, 1.82) is 0 Å². The summed E-state index contributed by atoms with van der Waals surface area (Å²) >= 11 is 0. The average Bonchev–Trinajstić information content (AvgIpc) is 3.10. The van der Waals surface area contributed by atoms with Crippen molar-refractivity contribution in [2.24, 2.45) is 0 Å². The highest BCUT2D eigenvalue weighted by atomic mass is 16.2. The quantitative estimate of drug-likeness (QED) is 0.788. The number of imidazole rings is 1. The third-order valence-electron chi connectivity index (χ3n) is 3.67. The monoisotopic (exact) mass is 306 g/mol. The maximum Gasteiger partial charge on any atom is 0.243 e. The van der Waals surface area contributed by atoms with Crippen molar-refractivity contribution in [1.82, 2.24) is 19.9 Å². The predicted octanol–water partition coefficient (Wildman–Crippen LogP) is 2.82. The number of hydrogen-bond acceptors (Lipinski definition) is 3. The molecule has 0 aliphatic rings. The van der Waals surface area contributed by atoms with Crippen molar-refractivity contribution in [3.05, 3.63) is 72.8 Å². The lowest BCUT2D eigenvalue weighted by molar-refractivity contribution is -0.124. The maximum atomic E-state index is 12.4. The van der Waals surface area contributed by atoms with Gasteiger partial charge in [0.1, 0.15) is 11.9 Å². The van der Waals surface area contributed by atoms with Crippen molar-refractivity contribution in [3.8, 4) is 11.4 Å². The molecule has 23 heavy (non-hydrogen) atoms. The first-order chi connectivity index (χ1) is 11.3. The summed E-state index contributed by atoms with van der Waals surface area (Å²) in [7, 11) is 0. The molecule has 5 heteroatoms. The lowest BCUT2D eigenvalue weighted by atomic mass is 10.2. The highest BCUT2D eigenvalue weighted by molar-refractivity contribution is 5.80. The van der Waals surface area contributed by atoms with Gasteiger partial charge in [0.25, 0.3) is 0 Å². The molecule has 2 aromatic heterocycles. The zero-order valence-corrected chi connectivity index (χ0v) is 12.9. The van der Waals surface area contributed by atoms with Crippen LogP contribution in [0.3, 0.4) is 0 Å². The van der Waals surface area contributed by atoms with E-state index >= 15 is 0 Å². The van der Waals surface area contributed by atoms with Crippen molar-refractivity contribution in [3.63, 3.8) is 0 Å². The van der Waals surface area contributed by atoms with Crippen molar-refractivity contribution in [2.45, 2.75) is 19.5 Å². The van der Waals surface area contributed by atoms with Gasteiger partial charge < -0.3 is 9.88 Å². The normalized spacial score (nSPS) is 11.9. The molecule has 116 valence electrons. The van der Waals surface area contributed by atoms with E-state index in [1.807, 2.05) is 66.2 Å². The number of rotatable bonds is 5. The van der Waals surface area contributed by atoms with Gasteiger partial charge in [-0.25, -0.2) is 4.98 Å². The first-order valence-corrected chi connectivity index (χ1v) is 7.51. The molecule has 0 bridgehead atoms. The van der Waals surface area contributed by atoms with Gasteiger partial charge in [-0.3, -0.25) is 9.78 Å². The van der Waals surface area contributed by atoms with E-state index in [1.54, 1.807) is 12.4 Å². The van der Waals surface area contributed by atoms with Crippen LogP contribution in [-0.2, 0) is 11.3 Å². The largest absolute Gasteiger partial charge is 0.349 e. The molecule has 1 atom stereocenters. The standard InChI is InChI=1S/C18H18N4O/c1-14(18(23)21-13-16-9-5-6-10-19-16)22-12-11-20-17(22)15-7-3-2-4-8-15/h2-12,14H,13H2,1H3,(H,21,23). The van der Waals surface area contributed by atoms with Gasteiger partial charge in [-0.1, -0.05) is 36.4 Å². The van der Waals surface area contributed by atoms with E-state index in [9.17, 15) is 4.79 Å². The summed E-state index contributed by atoms with van der Waals surface area (Å²) in [5, 5.41) is 2.92. The number of amides is 1. The highest BCUT2D eigenvalue weighted by Gasteiger charge is 2.18. The van der Waals surface area contributed by atoms with Gasteiger partial charge in [-0.05, 0) is 19.1 Å². The number of benzene rings is 1. The molecule has 3 aromatic rings. The molecule has 1 aromatic carbocycles. The summed E-state index contributed by atoms with van der Waals surface area (Å²) < 4.78 is 1.88. The number of carbonyl (C=O) groups excluding carboxylic acids is 1. The number of nitrogens with one attached hydrogen (secondary N) is 1. The molecule has 0 spiro atoms. The summed E-state index contributed by atoms with van der Waals surface area (Å²) in [5.41, 5.74) is 1.82. The molecular formula is C18H18N4O. The Kier molecular flexibility index (Phi) is 4.47. The lowest BCUT2D eigenvalue weighted by Crippen LogP contribution is -2.30. The van der Waals surface area contributed by atoms with Crippen LogP contribution in [0.1, 0.15) is 18.7 Å². The summed E-state index contributed by atoms with van der Waals surface area (Å²) in [6.07, 6.45) is 5.26. The van der Waals surface area contributed by atoms with Gasteiger partial charge >= 0.3 is 0 Å². The highest BCUT2D eigenvalue weighted by Crippen LogP contribution is 2.20. The van der Waals surface area contributed by atoms with Gasteiger partial charge in [0, 0.05) is 24.2 Å². The Hall–Kier alpha value is -2.95. The molecule has 0 radical (unpaired) electrons. The van der Waals surface area contributed by atoms with Gasteiger partial charge in [0.05, 0.1) is 12.2 Å². The van der Waals surface area contributed by atoms with Crippen LogP contribution < -0.4 is 5.32 Å². The average molecular weight is 306 g/mol. The van der Waals surface area contributed by atoms with Crippen molar-refractivity contribution >= 4 is 5.91 Å². The second kappa shape index (κ2) is 6.87. The summed E-state index contributed by atoms with van der Waals surface area (Å²) in [4.78, 5) is 21.0. The predicted molar refractivity (Wildman–Crippen MR) is 88.5 cm³/mol. The van der Waals surface area contributed by atoms with Crippen LogP contribution in [0.4, 0.5) is 0 Å². The van der Waals surface area contributed by atoms with E-state index in [0.29, 0.717) is 6.54 Å².